The predicted molar refractivity (Wildman–Crippen MR) is 119 cm³/mol. The van der Waals surface area contributed by atoms with Crippen LogP contribution in [0.3, 0.4) is 0 Å². The molecule has 1 heterocycles. The van der Waals surface area contributed by atoms with Crippen LogP contribution < -0.4 is 5.32 Å². The van der Waals surface area contributed by atoms with E-state index in [9.17, 15) is 9.59 Å². The molecule has 0 unspecified atom stereocenters. The van der Waals surface area contributed by atoms with E-state index < -0.39 is 0 Å². The van der Waals surface area contributed by atoms with Crippen LogP contribution in [0.4, 0.5) is 0 Å². The Labute approximate surface area is 176 Å². The van der Waals surface area contributed by atoms with Crippen molar-refractivity contribution in [2.24, 2.45) is 0 Å². The molecule has 2 aliphatic rings. The Kier molecular flexibility index (Phi) is 4.99. The van der Waals surface area contributed by atoms with Gasteiger partial charge in [0.25, 0.3) is 11.8 Å². The number of amides is 2. The number of benzene rings is 3. The lowest BCUT2D eigenvalue weighted by Crippen LogP contribution is -2.35. The summed E-state index contributed by atoms with van der Waals surface area (Å²) in [5.74, 6) is 0.0530. The fraction of sp³-hybridized carbons (Fsp3) is 0.308. The molecule has 2 amide bonds. The first-order valence-corrected chi connectivity index (χ1v) is 10.9. The zero-order valence-corrected chi connectivity index (χ0v) is 17.1. The minimum atomic E-state index is -0.0564. The second-order valence-corrected chi connectivity index (χ2v) is 8.34. The maximum atomic E-state index is 12.9. The first-order chi connectivity index (χ1) is 14.7. The standard InChI is InChI=1S/C26H26N2O2/c29-25(23-14-13-20-12-11-19-5-4-6-22(23)24(19)20)27-17-18-7-9-21(10-8-18)26(30)28-15-2-1-3-16-28/h4-10,13-14H,1-3,11-12,15-17H2,(H,27,29). The number of hydrogen-bond acceptors (Lipinski definition) is 2. The van der Waals surface area contributed by atoms with E-state index in [4.69, 9.17) is 0 Å². The summed E-state index contributed by atoms with van der Waals surface area (Å²) in [4.78, 5) is 27.4. The number of hydrogen-bond donors (Lipinski definition) is 1. The summed E-state index contributed by atoms with van der Waals surface area (Å²) >= 11 is 0. The van der Waals surface area contributed by atoms with Crippen molar-refractivity contribution in [3.63, 3.8) is 0 Å². The Morgan fingerprint density at radius 2 is 1.57 bits per heavy atom. The van der Waals surface area contributed by atoms with Gasteiger partial charge in [-0.2, -0.15) is 0 Å². The van der Waals surface area contributed by atoms with E-state index in [1.165, 1.54) is 22.9 Å². The van der Waals surface area contributed by atoms with Crippen molar-refractivity contribution in [1.82, 2.24) is 10.2 Å². The summed E-state index contributed by atoms with van der Waals surface area (Å²) in [5, 5.41) is 5.34. The molecule has 30 heavy (non-hydrogen) atoms. The lowest BCUT2D eigenvalue weighted by Gasteiger charge is -2.26. The van der Waals surface area contributed by atoms with Gasteiger partial charge in [0.1, 0.15) is 0 Å². The van der Waals surface area contributed by atoms with Gasteiger partial charge in [0.15, 0.2) is 0 Å². The summed E-state index contributed by atoms with van der Waals surface area (Å²) in [7, 11) is 0. The first-order valence-electron chi connectivity index (χ1n) is 10.9. The van der Waals surface area contributed by atoms with Gasteiger partial charge in [0.2, 0.25) is 0 Å². The smallest absolute Gasteiger partial charge is 0.253 e. The summed E-state index contributed by atoms with van der Waals surface area (Å²) in [5.41, 5.74) is 5.12. The SMILES string of the molecule is O=C(NCc1ccc(C(=O)N2CCCCC2)cc1)c1ccc2c3c(cccc13)CC2. The van der Waals surface area contributed by atoms with Gasteiger partial charge in [-0.3, -0.25) is 9.59 Å². The highest BCUT2D eigenvalue weighted by atomic mass is 16.2. The molecule has 3 aromatic carbocycles. The maximum absolute atomic E-state index is 12.9. The average molecular weight is 399 g/mol. The summed E-state index contributed by atoms with van der Waals surface area (Å²) in [6, 6.07) is 17.9. The topological polar surface area (TPSA) is 49.4 Å². The van der Waals surface area contributed by atoms with E-state index >= 15 is 0 Å². The van der Waals surface area contributed by atoms with Gasteiger partial charge in [-0.15, -0.1) is 0 Å². The molecule has 0 saturated carbocycles. The average Bonchev–Trinajstić information content (AvgIpc) is 3.23. The van der Waals surface area contributed by atoms with Crippen LogP contribution in [-0.4, -0.2) is 29.8 Å². The third-order valence-corrected chi connectivity index (χ3v) is 6.42. The fourth-order valence-electron chi connectivity index (χ4n) is 4.77. The molecule has 1 fully saturated rings. The van der Waals surface area contributed by atoms with Crippen LogP contribution in [0, 0.1) is 0 Å². The summed E-state index contributed by atoms with van der Waals surface area (Å²) in [6.45, 7) is 2.15. The van der Waals surface area contributed by atoms with Crippen molar-refractivity contribution in [2.75, 3.05) is 13.1 Å². The molecule has 1 N–H and O–H groups in total. The van der Waals surface area contributed by atoms with Gasteiger partial charge in [0.05, 0.1) is 0 Å². The highest BCUT2D eigenvalue weighted by Gasteiger charge is 2.19. The number of likely N-dealkylation sites (tertiary alicyclic amines) is 1. The molecule has 152 valence electrons. The first kappa shape index (κ1) is 18.9. The molecule has 0 radical (unpaired) electrons. The molecule has 1 aliphatic heterocycles. The highest BCUT2D eigenvalue weighted by Crippen LogP contribution is 2.32. The lowest BCUT2D eigenvalue weighted by atomic mass is 9.99. The molecule has 3 aromatic rings. The third-order valence-electron chi connectivity index (χ3n) is 6.42. The highest BCUT2D eigenvalue weighted by molar-refractivity contribution is 6.09. The molecule has 4 heteroatoms. The maximum Gasteiger partial charge on any atom is 0.253 e. The fourth-order valence-corrected chi connectivity index (χ4v) is 4.77. The molecule has 1 aliphatic carbocycles. The molecule has 5 rings (SSSR count). The van der Waals surface area contributed by atoms with Crippen molar-refractivity contribution in [3.05, 3.63) is 82.4 Å². The normalized spacial score (nSPS) is 15.4. The zero-order chi connectivity index (χ0) is 20.5. The van der Waals surface area contributed by atoms with Crippen LogP contribution >= 0.6 is 0 Å². The molecule has 0 aromatic heterocycles. The van der Waals surface area contributed by atoms with Crippen LogP contribution in [0.2, 0.25) is 0 Å². The van der Waals surface area contributed by atoms with Gasteiger partial charge >= 0.3 is 0 Å². The monoisotopic (exact) mass is 398 g/mol. The molecule has 1 saturated heterocycles. The van der Waals surface area contributed by atoms with Crippen LogP contribution in [0.1, 0.15) is 56.7 Å². The molecule has 4 nitrogen and oxygen atoms in total. The number of carbonyl (C=O) groups excluding carboxylic acids is 2. The van der Waals surface area contributed by atoms with Crippen molar-refractivity contribution >= 4 is 22.6 Å². The molecular weight excluding hydrogens is 372 g/mol. The number of carbonyl (C=O) groups is 2. The van der Waals surface area contributed by atoms with Gasteiger partial charge in [-0.05, 0) is 77.8 Å². The predicted octanol–water partition coefficient (Wildman–Crippen LogP) is 4.49. The van der Waals surface area contributed by atoms with Crippen LogP contribution in [-0.2, 0) is 19.4 Å². The summed E-state index contributed by atoms with van der Waals surface area (Å²) in [6.07, 6.45) is 5.50. The summed E-state index contributed by atoms with van der Waals surface area (Å²) < 4.78 is 0. The number of nitrogens with zero attached hydrogens (tertiary/aromatic N) is 1. The Hall–Kier alpha value is -3.14. The molecule has 0 atom stereocenters. The van der Waals surface area contributed by atoms with Crippen molar-refractivity contribution in [2.45, 2.75) is 38.6 Å². The second kappa shape index (κ2) is 7.94. The number of nitrogens with one attached hydrogen (secondary N) is 1. The minimum Gasteiger partial charge on any atom is -0.348 e. The lowest BCUT2D eigenvalue weighted by molar-refractivity contribution is 0.0724. The van der Waals surface area contributed by atoms with Crippen LogP contribution in [0.25, 0.3) is 10.8 Å². The number of aryl methyl sites for hydroxylation is 2. The van der Waals surface area contributed by atoms with Gasteiger partial charge < -0.3 is 10.2 Å². The molecular formula is C26H26N2O2. The zero-order valence-electron chi connectivity index (χ0n) is 17.1. The van der Waals surface area contributed by atoms with E-state index in [1.54, 1.807) is 0 Å². The van der Waals surface area contributed by atoms with E-state index in [0.29, 0.717) is 6.54 Å². The van der Waals surface area contributed by atoms with Crippen LogP contribution in [0.5, 0.6) is 0 Å². The van der Waals surface area contributed by atoms with E-state index in [0.717, 1.165) is 60.8 Å². The quantitative estimate of drug-likeness (QED) is 0.704. The molecule has 0 bridgehead atoms. The second-order valence-electron chi connectivity index (χ2n) is 8.34. The Balaban J connectivity index is 1.27. The Morgan fingerprint density at radius 3 is 2.33 bits per heavy atom. The van der Waals surface area contributed by atoms with Crippen molar-refractivity contribution in [1.29, 1.82) is 0 Å². The Bertz CT molecular complexity index is 1100. The minimum absolute atomic E-state index is 0.0564. The third kappa shape index (κ3) is 3.47. The largest absolute Gasteiger partial charge is 0.348 e. The van der Waals surface area contributed by atoms with Crippen LogP contribution in [0.15, 0.2) is 54.6 Å². The van der Waals surface area contributed by atoms with Crippen molar-refractivity contribution in [3.8, 4) is 0 Å². The van der Waals surface area contributed by atoms with Gasteiger partial charge in [0, 0.05) is 30.8 Å². The van der Waals surface area contributed by atoms with Gasteiger partial charge in [-0.1, -0.05) is 36.4 Å². The van der Waals surface area contributed by atoms with E-state index in [1.807, 2.05) is 47.4 Å². The van der Waals surface area contributed by atoms with E-state index in [2.05, 4.69) is 17.4 Å². The number of piperidine rings is 1. The van der Waals surface area contributed by atoms with Gasteiger partial charge in [-0.25, -0.2) is 0 Å². The van der Waals surface area contributed by atoms with Crippen molar-refractivity contribution < 1.29 is 9.59 Å². The Morgan fingerprint density at radius 1 is 0.833 bits per heavy atom. The van der Waals surface area contributed by atoms with E-state index in [-0.39, 0.29) is 11.8 Å². The number of rotatable bonds is 4. The molecule has 0 spiro atoms.